The lowest BCUT2D eigenvalue weighted by atomic mass is 9.96. The molecule has 4 rings (SSSR count). The van der Waals surface area contributed by atoms with Crippen molar-refractivity contribution in [1.82, 2.24) is 9.13 Å². The van der Waals surface area contributed by atoms with Crippen LogP contribution in [0.4, 0.5) is 5.69 Å². The number of halogens is 1. The Morgan fingerprint density at radius 2 is 1.57 bits per heavy atom. The molecule has 0 amide bonds. The minimum Gasteiger partial charge on any atom is -0.505 e. The molecule has 3 aromatic carbocycles. The summed E-state index contributed by atoms with van der Waals surface area (Å²) in [6.45, 7) is 4.11. The number of anilines is 1. The first-order valence-corrected chi connectivity index (χ1v) is 13.4. The van der Waals surface area contributed by atoms with Gasteiger partial charge in [0.15, 0.2) is 5.78 Å². The lowest BCUT2D eigenvalue weighted by Gasteiger charge is -2.22. The van der Waals surface area contributed by atoms with Gasteiger partial charge in [-0.25, -0.2) is 8.42 Å². The highest BCUT2D eigenvalue weighted by Crippen LogP contribution is 2.37. The van der Waals surface area contributed by atoms with Gasteiger partial charge in [-0.05, 0) is 41.3 Å². The number of imidazole rings is 1. The quantitative estimate of drug-likeness (QED) is 0.293. The van der Waals surface area contributed by atoms with Crippen molar-refractivity contribution in [3.05, 3.63) is 89.0 Å². The van der Waals surface area contributed by atoms with Crippen molar-refractivity contribution in [2.45, 2.75) is 32.9 Å². The van der Waals surface area contributed by atoms with Crippen molar-refractivity contribution in [3.8, 4) is 5.75 Å². The van der Waals surface area contributed by atoms with Crippen LogP contribution in [0.25, 0.3) is 11.0 Å². The van der Waals surface area contributed by atoms with Crippen LogP contribution in [0.5, 0.6) is 5.75 Å². The molecule has 0 radical (unpaired) electrons. The highest BCUT2D eigenvalue weighted by atomic mass is 79.9. The monoisotopic (exact) mass is 586 g/mol. The number of nitrogens with zero attached hydrogens (tertiary/aromatic N) is 3. The second-order valence-corrected chi connectivity index (χ2v) is 11.2. The van der Waals surface area contributed by atoms with E-state index in [1.807, 2.05) is 73.0 Å². The molecule has 0 aliphatic carbocycles. The molecule has 0 bridgehead atoms. The van der Waals surface area contributed by atoms with E-state index in [1.54, 1.807) is 10.6 Å². The van der Waals surface area contributed by atoms with Gasteiger partial charge in [0, 0.05) is 12.6 Å². The minimum absolute atomic E-state index is 0. The van der Waals surface area contributed by atoms with Gasteiger partial charge in [0.05, 0.1) is 36.1 Å². The van der Waals surface area contributed by atoms with E-state index >= 15 is 0 Å². The lowest BCUT2D eigenvalue weighted by Crippen LogP contribution is -2.28. The van der Waals surface area contributed by atoms with E-state index in [-0.39, 0.29) is 57.8 Å². The van der Waals surface area contributed by atoms with Gasteiger partial charge in [-0.3, -0.25) is 14.5 Å². The SMILES string of the molecule is Br.CC(C)c1cc(C(=O)Cn2c(=N)n(Cc3ccccc3)c3ccccc32)cc(N(C)S(C)(=O)=O)c1O. The molecule has 0 aliphatic rings. The molecule has 0 spiro atoms. The number of benzene rings is 3. The molecule has 0 atom stereocenters. The van der Waals surface area contributed by atoms with Gasteiger partial charge in [0.25, 0.3) is 0 Å². The number of ketones is 1. The second kappa shape index (κ2) is 10.9. The lowest BCUT2D eigenvalue weighted by molar-refractivity contribution is 0.0971. The van der Waals surface area contributed by atoms with E-state index in [0.717, 1.165) is 27.2 Å². The predicted molar refractivity (Wildman–Crippen MR) is 151 cm³/mol. The Hall–Kier alpha value is -3.37. The Morgan fingerprint density at radius 1 is 1.00 bits per heavy atom. The highest BCUT2D eigenvalue weighted by molar-refractivity contribution is 8.93. The number of carbonyl (C=O) groups is 1. The average Bonchev–Trinajstić information content (AvgIpc) is 3.09. The Kier molecular flexibility index (Phi) is 8.34. The van der Waals surface area contributed by atoms with Gasteiger partial charge < -0.3 is 14.2 Å². The maximum Gasteiger partial charge on any atom is 0.232 e. The number of rotatable bonds is 8. The number of para-hydroxylation sites is 2. The van der Waals surface area contributed by atoms with E-state index in [0.29, 0.717) is 12.1 Å². The molecule has 0 unspecified atom stereocenters. The smallest absolute Gasteiger partial charge is 0.232 e. The Bertz CT molecular complexity index is 1610. The summed E-state index contributed by atoms with van der Waals surface area (Å²) in [7, 11) is -2.32. The zero-order chi connectivity index (χ0) is 26.2. The molecule has 0 saturated carbocycles. The third-order valence-electron chi connectivity index (χ3n) is 6.36. The van der Waals surface area contributed by atoms with Gasteiger partial charge in [-0.15, -0.1) is 17.0 Å². The normalized spacial score (nSPS) is 11.5. The largest absolute Gasteiger partial charge is 0.505 e. The summed E-state index contributed by atoms with van der Waals surface area (Å²) < 4.78 is 28.8. The van der Waals surface area contributed by atoms with Crippen LogP contribution in [0, 0.1) is 5.41 Å². The number of aromatic hydroxyl groups is 1. The van der Waals surface area contributed by atoms with Crippen LogP contribution in [0.3, 0.4) is 0 Å². The van der Waals surface area contributed by atoms with Crippen LogP contribution in [0.2, 0.25) is 0 Å². The number of sulfonamides is 1. The maximum absolute atomic E-state index is 13.5. The summed E-state index contributed by atoms with van der Waals surface area (Å²) in [6.07, 6.45) is 1.04. The number of aromatic nitrogens is 2. The number of nitrogens with one attached hydrogen (secondary N) is 1. The first-order valence-electron chi connectivity index (χ1n) is 11.6. The summed E-state index contributed by atoms with van der Waals surface area (Å²) in [6, 6.07) is 20.4. The molecular formula is C27H31BrN4O4S. The molecule has 4 aromatic rings. The van der Waals surface area contributed by atoms with Crippen LogP contribution in [-0.4, -0.2) is 41.7 Å². The van der Waals surface area contributed by atoms with Crippen LogP contribution in [-0.2, 0) is 23.1 Å². The molecule has 196 valence electrons. The van der Waals surface area contributed by atoms with Crippen molar-refractivity contribution in [2.24, 2.45) is 0 Å². The van der Waals surface area contributed by atoms with Crippen molar-refractivity contribution < 1.29 is 18.3 Å². The fourth-order valence-electron chi connectivity index (χ4n) is 4.28. The van der Waals surface area contributed by atoms with Gasteiger partial charge in [-0.1, -0.05) is 56.3 Å². The topological polar surface area (TPSA) is 108 Å². The first-order chi connectivity index (χ1) is 17.0. The van der Waals surface area contributed by atoms with Gasteiger partial charge in [0.1, 0.15) is 5.75 Å². The summed E-state index contributed by atoms with van der Waals surface area (Å²) in [5.74, 6) is -0.597. The third-order valence-corrected chi connectivity index (χ3v) is 7.55. The van der Waals surface area contributed by atoms with Crippen molar-refractivity contribution in [3.63, 3.8) is 0 Å². The predicted octanol–water partition coefficient (Wildman–Crippen LogP) is 4.66. The maximum atomic E-state index is 13.5. The average molecular weight is 588 g/mol. The van der Waals surface area contributed by atoms with E-state index in [9.17, 15) is 18.3 Å². The molecule has 1 aromatic heterocycles. The molecule has 37 heavy (non-hydrogen) atoms. The number of hydrogen-bond donors (Lipinski definition) is 2. The van der Waals surface area contributed by atoms with Crippen LogP contribution >= 0.6 is 17.0 Å². The highest BCUT2D eigenvalue weighted by Gasteiger charge is 2.23. The van der Waals surface area contributed by atoms with E-state index in [2.05, 4.69) is 0 Å². The molecule has 0 aliphatic heterocycles. The summed E-state index contributed by atoms with van der Waals surface area (Å²) in [5, 5.41) is 19.6. The number of phenols is 1. The Balaban J connectivity index is 0.00000380. The molecule has 0 fully saturated rings. The third kappa shape index (κ3) is 5.65. The standard InChI is InChI=1S/C27H30N4O4S.BrH/c1-18(2)21-14-20(15-24(26(21)33)29(3)36(4,34)35)25(32)17-31-23-13-9-8-12-22(23)30(27(31)28)16-19-10-6-5-7-11-19;/h5-15,18,28,33H,16-17H2,1-4H3;1H. The number of hydrogen-bond acceptors (Lipinski definition) is 5. The van der Waals surface area contributed by atoms with E-state index < -0.39 is 10.0 Å². The fraction of sp³-hybridized carbons (Fsp3) is 0.259. The van der Waals surface area contributed by atoms with E-state index in [1.165, 1.54) is 13.1 Å². The van der Waals surface area contributed by atoms with Crippen LogP contribution in [0.1, 0.15) is 41.3 Å². The Labute approximate surface area is 227 Å². The summed E-state index contributed by atoms with van der Waals surface area (Å²) in [5.41, 5.74) is 3.62. The molecule has 10 heteroatoms. The second-order valence-electron chi connectivity index (χ2n) is 9.21. The number of Topliss-reactive ketones (excluding diaryl/α,β-unsaturated/α-hetero) is 1. The molecule has 8 nitrogen and oxygen atoms in total. The van der Waals surface area contributed by atoms with Crippen molar-refractivity contribution >= 4 is 49.5 Å². The van der Waals surface area contributed by atoms with E-state index in [4.69, 9.17) is 5.41 Å². The summed E-state index contributed by atoms with van der Waals surface area (Å²) in [4.78, 5) is 13.5. The number of fused-ring (bicyclic) bond motifs is 1. The van der Waals surface area contributed by atoms with Crippen LogP contribution < -0.4 is 9.92 Å². The number of phenolic OH excluding ortho intramolecular Hbond substituents is 1. The van der Waals surface area contributed by atoms with Crippen molar-refractivity contribution in [2.75, 3.05) is 17.6 Å². The zero-order valence-electron chi connectivity index (χ0n) is 21.2. The number of carbonyl (C=O) groups excluding carboxylic acids is 1. The molecule has 1 heterocycles. The zero-order valence-corrected chi connectivity index (χ0v) is 23.7. The summed E-state index contributed by atoms with van der Waals surface area (Å²) >= 11 is 0. The molecule has 2 N–H and O–H groups in total. The van der Waals surface area contributed by atoms with Gasteiger partial charge >= 0.3 is 0 Å². The first kappa shape index (κ1) is 28.2. The van der Waals surface area contributed by atoms with Gasteiger partial charge in [-0.2, -0.15) is 0 Å². The fourth-order valence-corrected chi connectivity index (χ4v) is 4.77. The van der Waals surface area contributed by atoms with Crippen molar-refractivity contribution in [1.29, 1.82) is 5.41 Å². The minimum atomic E-state index is -3.66. The van der Waals surface area contributed by atoms with Crippen LogP contribution in [0.15, 0.2) is 66.7 Å². The Morgan fingerprint density at radius 3 is 2.14 bits per heavy atom. The molecular weight excluding hydrogens is 556 g/mol. The van der Waals surface area contributed by atoms with Gasteiger partial charge in [0.2, 0.25) is 15.6 Å². The molecule has 0 saturated heterocycles.